The van der Waals surface area contributed by atoms with E-state index in [0.717, 1.165) is 4.57 Å². The van der Waals surface area contributed by atoms with Crippen molar-refractivity contribution < 1.29 is 19.3 Å². The van der Waals surface area contributed by atoms with E-state index in [4.69, 9.17) is 14.2 Å². The van der Waals surface area contributed by atoms with Crippen LogP contribution in [0.15, 0.2) is 26.5 Å². The van der Waals surface area contributed by atoms with Gasteiger partial charge in [-0.1, -0.05) is 0 Å². The summed E-state index contributed by atoms with van der Waals surface area (Å²) >= 11 is 0. The minimum absolute atomic E-state index is 0.00484. The number of aryl methyl sites for hydroxylation is 1. The lowest BCUT2D eigenvalue weighted by molar-refractivity contribution is 0.175. The van der Waals surface area contributed by atoms with Gasteiger partial charge >= 0.3 is 5.69 Å². The Morgan fingerprint density at radius 1 is 1.03 bits per heavy atom. The Balaban J connectivity index is 2.05. The number of nitrogens with zero attached hydrogens (tertiary/aromatic N) is 2. The third-order valence-corrected chi connectivity index (χ3v) is 4.50. The van der Waals surface area contributed by atoms with E-state index >= 15 is 0 Å². The number of hydrogen-bond donors (Lipinski definition) is 3. The summed E-state index contributed by atoms with van der Waals surface area (Å²) in [4.78, 5) is 44.8. The molecule has 154 valence electrons. The van der Waals surface area contributed by atoms with Crippen molar-refractivity contribution in [1.29, 1.82) is 0 Å². The molecule has 0 radical (unpaired) electrons. The average molecular weight is 404 g/mol. The number of aliphatic hydroxyl groups is 1. The molecule has 11 heteroatoms. The second kappa shape index (κ2) is 7.80. The lowest BCUT2D eigenvalue weighted by atomic mass is 10.0. The third-order valence-electron chi connectivity index (χ3n) is 4.50. The van der Waals surface area contributed by atoms with Crippen molar-refractivity contribution in [3.05, 3.63) is 54.6 Å². The maximum absolute atomic E-state index is 12.4. The molecule has 1 aromatic carbocycles. The van der Waals surface area contributed by atoms with Gasteiger partial charge in [-0.15, -0.1) is 0 Å². The fourth-order valence-electron chi connectivity index (χ4n) is 2.95. The number of ether oxygens (including phenoxy) is 3. The fourth-order valence-corrected chi connectivity index (χ4v) is 2.95. The molecule has 0 saturated heterocycles. The van der Waals surface area contributed by atoms with Crippen LogP contribution < -0.4 is 31.0 Å². The first kappa shape index (κ1) is 20.1. The molecule has 2 heterocycles. The highest BCUT2D eigenvalue weighted by Crippen LogP contribution is 2.40. The molecule has 3 rings (SSSR count). The van der Waals surface area contributed by atoms with Gasteiger partial charge in [0.1, 0.15) is 11.3 Å². The summed E-state index contributed by atoms with van der Waals surface area (Å²) in [5.74, 6) is 1.04. The highest BCUT2D eigenvalue weighted by atomic mass is 16.5. The number of H-pyrrole nitrogens is 2. The number of aliphatic hydroxyl groups excluding tert-OH is 1. The number of aromatic nitrogens is 4. The van der Waals surface area contributed by atoms with Gasteiger partial charge in [-0.25, -0.2) is 9.78 Å². The Labute approximate surface area is 163 Å². The van der Waals surface area contributed by atoms with Crippen molar-refractivity contribution in [3.8, 4) is 17.2 Å². The van der Waals surface area contributed by atoms with Gasteiger partial charge in [0.25, 0.3) is 11.1 Å². The summed E-state index contributed by atoms with van der Waals surface area (Å²) in [6.45, 7) is 0. The van der Waals surface area contributed by atoms with E-state index in [0.29, 0.717) is 22.8 Å². The van der Waals surface area contributed by atoms with Crippen molar-refractivity contribution in [2.24, 2.45) is 7.05 Å². The van der Waals surface area contributed by atoms with Crippen molar-refractivity contribution in [2.45, 2.75) is 12.5 Å². The van der Waals surface area contributed by atoms with Gasteiger partial charge in [0.2, 0.25) is 5.75 Å². The normalized spacial score (nSPS) is 12.0. The highest BCUT2D eigenvalue weighted by Gasteiger charge is 2.20. The zero-order valence-electron chi connectivity index (χ0n) is 16.2. The first-order valence-electron chi connectivity index (χ1n) is 8.50. The molecule has 0 amide bonds. The number of methoxy groups -OCH3 is 3. The van der Waals surface area contributed by atoms with Crippen LogP contribution in [0.25, 0.3) is 11.2 Å². The standard InChI is InChI=1S/C18H20N4O7/c1-22-15-13(17(25)21-18(22)26)19-9(16(24)20-15)7-10(23)8-5-11(27-2)14(29-4)12(6-8)28-3/h5-6,10,23H,7H2,1-4H3,(H,20,24)(H,21,25,26)/t10-/m0/s1. The number of nitrogens with one attached hydrogen (secondary N) is 2. The Morgan fingerprint density at radius 2 is 1.66 bits per heavy atom. The van der Waals surface area contributed by atoms with Crippen molar-refractivity contribution in [3.63, 3.8) is 0 Å². The molecule has 0 aliphatic rings. The smallest absolute Gasteiger partial charge is 0.329 e. The predicted octanol–water partition coefficient (Wildman–Crippen LogP) is -0.388. The summed E-state index contributed by atoms with van der Waals surface area (Å²) in [6, 6.07) is 3.11. The fraction of sp³-hybridized carbons (Fsp3) is 0.333. The van der Waals surface area contributed by atoms with E-state index in [1.807, 2.05) is 0 Å². The van der Waals surface area contributed by atoms with Gasteiger partial charge in [-0.2, -0.15) is 0 Å². The number of hydrogen-bond acceptors (Lipinski definition) is 8. The first-order chi connectivity index (χ1) is 13.8. The Hall–Kier alpha value is -3.60. The molecule has 3 aromatic rings. The van der Waals surface area contributed by atoms with E-state index in [1.54, 1.807) is 12.1 Å². The predicted molar refractivity (Wildman–Crippen MR) is 103 cm³/mol. The lowest BCUT2D eigenvalue weighted by Crippen LogP contribution is -2.32. The third kappa shape index (κ3) is 3.59. The maximum atomic E-state index is 12.4. The van der Waals surface area contributed by atoms with Gasteiger partial charge in [0, 0.05) is 13.5 Å². The Morgan fingerprint density at radius 3 is 2.21 bits per heavy atom. The molecular weight excluding hydrogens is 384 g/mol. The summed E-state index contributed by atoms with van der Waals surface area (Å²) in [6.07, 6.45) is -1.34. The second-order valence-electron chi connectivity index (χ2n) is 6.21. The van der Waals surface area contributed by atoms with Gasteiger partial charge in [-0.3, -0.25) is 19.1 Å². The molecule has 0 bridgehead atoms. The summed E-state index contributed by atoms with van der Waals surface area (Å²) in [7, 11) is 5.74. The molecule has 0 fully saturated rings. The zero-order chi connectivity index (χ0) is 21.3. The van der Waals surface area contributed by atoms with Crippen LogP contribution in [-0.4, -0.2) is 46.0 Å². The molecule has 2 aromatic heterocycles. The number of benzene rings is 1. The van der Waals surface area contributed by atoms with Crippen LogP contribution in [0.2, 0.25) is 0 Å². The van der Waals surface area contributed by atoms with Crippen LogP contribution in [0.4, 0.5) is 0 Å². The SMILES string of the molecule is COc1cc([C@@H](O)Cc2nc3c(=O)[nH]c(=O)n(C)c3[nH]c2=O)cc(OC)c1OC. The first-order valence-corrected chi connectivity index (χ1v) is 8.50. The maximum Gasteiger partial charge on any atom is 0.329 e. The quantitative estimate of drug-likeness (QED) is 0.503. The molecule has 11 nitrogen and oxygen atoms in total. The Kier molecular flexibility index (Phi) is 5.41. The van der Waals surface area contributed by atoms with Crippen LogP contribution in [-0.2, 0) is 13.5 Å². The topological polar surface area (TPSA) is 149 Å². The molecule has 29 heavy (non-hydrogen) atoms. The monoisotopic (exact) mass is 404 g/mol. The minimum atomic E-state index is -1.15. The molecule has 0 saturated carbocycles. The van der Waals surface area contributed by atoms with Crippen molar-refractivity contribution in [1.82, 2.24) is 19.5 Å². The van der Waals surface area contributed by atoms with Gasteiger partial charge in [0.05, 0.1) is 27.4 Å². The molecule has 0 aliphatic heterocycles. The number of aromatic amines is 2. The summed E-state index contributed by atoms with van der Waals surface area (Å²) in [5.41, 5.74) is -1.82. The number of fused-ring (bicyclic) bond motifs is 1. The lowest BCUT2D eigenvalue weighted by Gasteiger charge is -2.17. The van der Waals surface area contributed by atoms with Crippen molar-refractivity contribution in [2.75, 3.05) is 21.3 Å². The summed E-state index contributed by atoms with van der Waals surface area (Å²) in [5, 5.41) is 10.7. The van der Waals surface area contributed by atoms with Gasteiger partial charge < -0.3 is 24.3 Å². The largest absolute Gasteiger partial charge is 0.493 e. The average Bonchev–Trinajstić information content (AvgIpc) is 2.71. The van der Waals surface area contributed by atoms with Crippen LogP contribution >= 0.6 is 0 Å². The van der Waals surface area contributed by atoms with Gasteiger partial charge in [-0.05, 0) is 17.7 Å². The molecule has 0 unspecified atom stereocenters. The molecule has 3 N–H and O–H groups in total. The number of rotatable bonds is 6. The molecular formula is C18H20N4O7. The van der Waals surface area contributed by atoms with E-state index < -0.39 is 22.9 Å². The Bertz CT molecular complexity index is 1220. The highest BCUT2D eigenvalue weighted by molar-refractivity contribution is 5.68. The minimum Gasteiger partial charge on any atom is -0.493 e. The summed E-state index contributed by atoms with van der Waals surface area (Å²) < 4.78 is 16.8. The van der Waals surface area contributed by atoms with E-state index in [1.165, 1.54) is 28.4 Å². The van der Waals surface area contributed by atoms with Crippen LogP contribution in [0.5, 0.6) is 17.2 Å². The van der Waals surface area contributed by atoms with Crippen molar-refractivity contribution >= 4 is 11.2 Å². The van der Waals surface area contributed by atoms with Crippen LogP contribution in [0, 0.1) is 0 Å². The van der Waals surface area contributed by atoms with Crippen LogP contribution in [0.1, 0.15) is 17.4 Å². The molecule has 0 aliphatic carbocycles. The van der Waals surface area contributed by atoms with Crippen LogP contribution in [0.3, 0.4) is 0 Å². The van der Waals surface area contributed by atoms with E-state index in [2.05, 4.69) is 15.0 Å². The van der Waals surface area contributed by atoms with Gasteiger partial charge in [0.15, 0.2) is 17.0 Å². The zero-order valence-corrected chi connectivity index (χ0v) is 16.2. The second-order valence-corrected chi connectivity index (χ2v) is 6.21. The van der Waals surface area contributed by atoms with E-state index in [-0.39, 0.29) is 23.3 Å². The molecule has 0 spiro atoms. The van der Waals surface area contributed by atoms with E-state index in [9.17, 15) is 19.5 Å². The molecule has 1 atom stereocenters.